The van der Waals surface area contributed by atoms with Gasteiger partial charge < -0.3 is 30.5 Å². The second kappa shape index (κ2) is 13.2. The fraction of sp³-hybridized carbons (Fsp3) is 0.464. The van der Waals surface area contributed by atoms with Gasteiger partial charge in [-0.25, -0.2) is 4.79 Å². The van der Waals surface area contributed by atoms with Crippen LogP contribution in [0.4, 0.5) is 0 Å². The normalized spacial score (nSPS) is 16.8. The Bertz CT molecular complexity index is 1030. The number of carboxylic acids is 2. The fourth-order valence-corrected chi connectivity index (χ4v) is 4.59. The van der Waals surface area contributed by atoms with Gasteiger partial charge in [-0.05, 0) is 61.7 Å². The van der Waals surface area contributed by atoms with E-state index >= 15 is 0 Å². The van der Waals surface area contributed by atoms with Gasteiger partial charge in [0, 0.05) is 11.5 Å². The molecule has 9 heteroatoms. The molecule has 0 heterocycles. The molecule has 0 spiro atoms. The Balaban J connectivity index is 0.000000521. The first kappa shape index (κ1) is 29.8. The van der Waals surface area contributed by atoms with E-state index < -0.39 is 28.9 Å². The standard InChI is InChI=1S/C24H31NO4.C4H6O4/c1-17(25)23(2,24(27)15-5-4-6-16-24)19-9-13-21(14-10-19)29-22(26)18-7-11-20(28-3)12-8-18;5-3(6)1-2-4(7)8/h7-14,17,27H,4-6,15-16,25H2,1-3H3;1-2H2,(H,5,6)(H,7,8). The van der Waals surface area contributed by atoms with E-state index in [0.29, 0.717) is 17.1 Å². The number of nitrogens with two attached hydrogens (primary N) is 1. The highest BCUT2D eigenvalue weighted by molar-refractivity contribution is 5.91. The van der Waals surface area contributed by atoms with Crippen LogP contribution in [0.1, 0.15) is 74.7 Å². The number of carbonyl (C=O) groups excluding carboxylic acids is 1. The number of aliphatic hydroxyl groups is 1. The zero-order chi connectivity index (χ0) is 27.6. The lowest BCUT2D eigenvalue weighted by atomic mass is 9.60. The lowest BCUT2D eigenvalue weighted by Crippen LogP contribution is -2.59. The van der Waals surface area contributed by atoms with Crippen molar-refractivity contribution in [3.8, 4) is 11.5 Å². The van der Waals surface area contributed by atoms with Crippen LogP contribution in [0.25, 0.3) is 0 Å². The van der Waals surface area contributed by atoms with Gasteiger partial charge in [-0.1, -0.05) is 38.3 Å². The lowest BCUT2D eigenvalue weighted by Gasteiger charge is -2.50. The number of ether oxygens (including phenoxy) is 2. The molecule has 2 unspecified atom stereocenters. The molecule has 202 valence electrons. The molecule has 0 aliphatic heterocycles. The van der Waals surface area contributed by atoms with Crippen LogP contribution in [0.5, 0.6) is 11.5 Å². The van der Waals surface area contributed by atoms with E-state index in [4.69, 9.17) is 25.4 Å². The molecule has 2 aromatic carbocycles. The lowest BCUT2D eigenvalue weighted by molar-refractivity contribution is -0.143. The molecule has 2 aromatic rings. The van der Waals surface area contributed by atoms with E-state index in [9.17, 15) is 19.5 Å². The highest BCUT2D eigenvalue weighted by Gasteiger charge is 2.50. The maximum absolute atomic E-state index is 12.4. The molecule has 0 bridgehead atoms. The number of carboxylic acid groups (broad SMARTS) is 2. The number of hydrogen-bond donors (Lipinski definition) is 4. The second-order valence-corrected chi connectivity index (χ2v) is 9.51. The topological polar surface area (TPSA) is 156 Å². The van der Waals surface area contributed by atoms with Gasteiger partial charge in [0.05, 0.1) is 31.1 Å². The summed E-state index contributed by atoms with van der Waals surface area (Å²) < 4.78 is 10.6. The van der Waals surface area contributed by atoms with Crippen molar-refractivity contribution in [2.75, 3.05) is 7.11 Å². The minimum Gasteiger partial charge on any atom is -0.497 e. The van der Waals surface area contributed by atoms with Crippen molar-refractivity contribution < 1.29 is 39.2 Å². The summed E-state index contributed by atoms with van der Waals surface area (Å²) in [5.74, 6) is -1.44. The van der Waals surface area contributed by atoms with Gasteiger partial charge >= 0.3 is 17.9 Å². The average molecular weight is 516 g/mol. The monoisotopic (exact) mass is 515 g/mol. The van der Waals surface area contributed by atoms with Gasteiger partial charge in [0.1, 0.15) is 11.5 Å². The van der Waals surface area contributed by atoms with Crippen molar-refractivity contribution in [1.82, 2.24) is 0 Å². The van der Waals surface area contributed by atoms with Crippen LogP contribution >= 0.6 is 0 Å². The Morgan fingerprint density at radius 2 is 1.41 bits per heavy atom. The third-order valence-electron chi connectivity index (χ3n) is 7.10. The highest BCUT2D eigenvalue weighted by Crippen LogP contribution is 2.46. The molecule has 5 N–H and O–H groups in total. The van der Waals surface area contributed by atoms with Crippen molar-refractivity contribution in [3.63, 3.8) is 0 Å². The van der Waals surface area contributed by atoms with E-state index in [1.165, 1.54) is 0 Å². The predicted octanol–water partition coefficient (Wildman–Crippen LogP) is 4.15. The molecule has 1 saturated carbocycles. The molecular formula is C28H37NO8. The first-order valence-corrected chi connectivity index (χ1v) is 12.3. The Morgan fingerprint density at radius 3 is 1.84 bits per heavy atom. The zero-order valence-corrected chi connectivity index (χ0v) is 21.6. The highest BCUT2D eigenvalue weighted by atomic mass is 16.5. The molecular weight excluding hydrogens is 478 g/mol. The van der Waals surface area contributed by atoms with Crippen molar-refractivity contribution in [2.45, 2.75) is 75.9 Å². The van der Waals surface area contributed by atoms with Crippen LogP contribution < -0.4 is 15.2 Å². The molecule has 1 aliphatic rings. The van der Waals surface area contributed by atoms with Crippen LogP contribution in [-0.2, 0) is 15.0 Å². The summed E-state index contributed by atoms with van der Waals surface area (Å²) in [6.45, 7) is 3.99. The van der Waals surface area contributed by atoms with Gasteiger partial charge in [-0.3, -0.25) is 9.59 Å². The largest absolute Gasteiger partial charge is 0.497 e. The van der Waals surface area contributed by atoms with Gasteiger partial charge in [-0.2, -0.15) is 0 Å². The van der Waals surface area contributed by atoms with Gasteiger partial charge in [-0.15, -0.1) is 0 Å². The van der Waals surface area contributed by atoms with E-state index in [-0.39, 0.29) is 18.9 Å². The number of esters is 1. The molecule has 1 fully saturated rings. The zero-order valence-electron chi connectivity index (χ0n) is 21.6. The number of benzene rings is 2. The summed E-state index contributed by atoms with van der Waals surface area (Å²) in [6.07, 6.45) is 4.08. The molecule has 0 saturated heterocycles. The van der Waals surface area contributed by atoms with Crippen molar-refractivity contribution in [2.24, 2.45) is 5.73 Å². The van der Waals surface area contributed by atoms with Gasteiger partial charge in [0.15, 0.2) is 0 Å². The minimum atomic E-state index is -1.08. The molecule has 2 atom stereocenters. The average Bonchev–Trinajstić information content (AvgIpc) is 2.88. The molecule has 0 aromatic heterocycles. The summed E-state index contributed by atoms with van der Waals surface area (Å²) >= 11 is 0. The summed E-state index contributed by atoms with van der Waals surface area (Å²) in [6, 6.07) is 13.9. The molecule has 3 rings (SSSR count). The van der Waals surface area contributed by atoms with E-state index in [2.05, 4.69) is 0 Å². The van der Waals surface area contributed by atoms with Crippen LogP contribution in [-0.4, -0.2) is 52.0 Å². The molecule has 1 aliphatic carbocycles. The predicted molar refractivity (Wildman–Crippen MR) is 138 cm³/mol. The fourth-order valence-electron chi connectivity index (χ4n) is 4.59. The van der Waals surface area contributed by atoms with Gasteiger partial charge in [0.2, 0.25) is 0 Å². The molecule has 37 heavy (non-hydrogen) atoms. The second-order valence-electron chi connectivity index (χ2n) is 9.51. The summed E-state index contributed by atoms with van der Waals surface area (Å²) in [5.41, 5.74) is 6.38. The third kappa shape index (κ3) is 7.77. The Kier molecular flexibility index (Phi) is 10.6. The summed E-state index contributed by atoms with van der Waals surface area (Å²) in [5, 5.41) is 27.2. The maximum Gasteiger partial charge on any atom is 0.343 e. The number of rotatable bonds is 9. The van der Waals surface area contributed by atoms with Crippen LogP contribution in [0, 0.1) is 0 Å². The van der Waals surface area contributed by atoms with Crippen LogP contribution in [0.3, 0.4) is 0 Å². The molecule has 0 radical (unpaired) electrons. The summed E-state index contributed by atoms with van der Waals surface area (Å²) in [4.78, 5) is 31.7. The first-order valence-electron chi connectivity index (χ1n) is 12.3. The number of aliphatic carboxylic acids is 2. The minimum absolute atomic E-state index is 0.224. The quantitative estimate of drug-likeness (QED) is 0.284. The van der Waals surface area contributed by atoms with E-state index in [1.54, 1.807) is 43.5 Å². The van der Waals surface area contributed by atoms with Crippen molar-refractivity contribution in [3.05, 3.63) is 59.7 Å². The van der Waals surface area contributed by atoms with Crippen molar-refractivity contribution >= 4 is 17.9 Å². The number of carbonyl (C=O) groups is 3. The number of hydrogen-bond acceptors (Lipinski definition) is 7. The Hall–Kier alpha value is -3.43. The van der Waals surface area contributed by atoms with Crippen LogP contribution in [0.15, 0.2) is 48.5 Å². The van der Waals surface area contributed by atoms with E-state index in [1.807, 2.05) is 26.0 Å². The number of methoxy groups -OCH3 is 1. The molecule has 0 amide bonds. The first-order chi connectivity index (χ1) is 17.4. The third-order valence-corrected chi connectivity index (χ3v) is 7.10. The Labute approximate surface area is 217 Å². The van der Waals surface area contributed by atoms with Crippen molar-refractivity contribution in [1.29, 1.82) is 0 Å². The smallest absolute Gasteiger partial charge is 0.343 e. The van der Waals surface area contributed by atoms with Crippen LogP contribution in [0.2, 0.25) is 0 Å². The maximum atomic E-state index is 12.4. The van der Waals surface area contributed by atoms with Gasteiger partial charge in [0.25, 0.3) is 0 Å². The molecule has 9 nitrogen and oxygen atoms in total. The SMILES string of the molecule is COc1ccc(C(=O)Oc2ccc(C(C)(C(C)N)C3(O)CCCCC3)cc2)cc1.O=C(O)CCC(=O)O. The van der Waals surface area contributed by atoms with E-state index in [0.717, 1.165) is 37.7 Å². The Morgan fingerprint density at radius 1 is 0.919 bits per heavy atom. The summed E-state index contributed by atoms with van der Waals surface area (Å²) in [7, 11) is 1.58.